The number of morpholine rings is 1. The summed E-state index contributed by atoms with van der Waals surface area (Å²) in [5.74, 6) is -0.562. The molecule has 1 saturated heterocycles. The van der Waals surface area contributed by atoms with Gasteiger partial charge in [0.1, 0.15) is 5.82 Å². The smallest absolute Gasteiger partial charge is 0.260 e. The summed E-state index contributed by atoms with van der Waals surface area (Å²) in [6.45, 7) is 6.24. The van der Waals surface area contributed by atoms with Gasteiger partial charge in [-0.15, -0.1) is 12.4 Å². The van der Waals surface area contributed by atoms with Crippen molar-refractivity contribution < 1.29 is 13.9 Å². The molecule has 0 unspecified atom stereocenters. The van der Waals surface area contributed by atoms with Crippen molar-refractivity contribution >= 4 is 56.6 Å². The van der Waals surface area contributed by atoms with E-state index in [0.29, 0.717) is 42.0 Å². The maximum atomic E-state index is 13.3. The van der Waals surface area contributed by atoms with E-state index in [4.69, 9.17) is 21.3 Å². The van der Waals surface area contributed by atoms with Gasteiger partial charge in [0.25, 0.3) is 5.91 Å². The summed E-state index contributed by atoms with van der Waals surface area (Å²) in [6.07, 6.45) is 0. The first-order valence-corrected chi connectivity index (χ1v) is 10.6. The van der Waals surface area contributed by atoms with Crippen LogP contribution in [0.25, 0.3) is 10.2 Å². The molecule has 2 heterocycles. The monoisotopic (exact) mass is 469 g/mol. The zero-order valence-corrected chi connectivity index (χ0v) is 18.8. The van der Waals surface area contributed by atoms with Crippen LogP contribution in [0.5, 0.6) is 0 Å². The molecule has 1 aromatic heterocycles. The molecule has 0 aliphatic carbocycles. The minimum absolute atomic E-state index is 0. The fraction of sp³-hybridized carbons (Fsp3) is 0.333. The molecule has 3 aromatic rings. The van der Waals surface area contributed by atoms with E-state index in [1.165, 1.54) is 35.6 Å². The highest BCUT2D eigenvalue weighted by Crippen LogP contribution is 2.33. The Labute approximate surface area is 189 Å². The van der Waals surface area contributed by atoms with Gasteiger partial charge in [0.2, 0.25) is 0 Å². The zero-order valence-electron chi connectivity index (χ0n) is 16.4. The van der Waals surface area contributed by atoms with E-state index in [9.17, 15) is 9.18 Å². The summed E-state index contributed by atoms with van der Waals surface area (Å²) in [5, 5.41) is 1.27. The number of hydrogen-bond donors (Lipinski definition) is 0. The second kappa shape index (κ2) is 10.0. The van der Waals surface area contributed by atoms with Gasteiger partial charge in [-0.2, -0.15) is 0 Å². The van der Waals surface area contributed by atoms with Crippen molar-refractivity contribution in [3.05, 3.63) is 58.4 Å². The first kappa shape index (κ1) is 22.9. The van der Waals surface area contributed by atoms with E-state index in [1.807, 2.05) is 19.1 Å². The molecule has 0 N–H and O–H groups in total. The molecule has 0 spiro atoms. The number of amides is 1. The normalized spacial score (nSPS) is 14.5. The van der Waals surface area contributed by atoms with Crippen LogP contribution in [0, 0.1) is 12.7 Å². The zero-order chi connectivity index (χ0) is 20.4. The fourth-order valence-corrected chi connectivity index (χ4v) is 4.80. The molecule has 1 aliphatic heterocycles. The molecule has 0 bridgehead atoms. The summed E-state index contributed by atoms with van der Waals surface area (Å²) in [6, 6.07) is 9.36. The Morgan fingerprint density at radius 3 is 2.67 bits per heavy atom. The minimum Gasteiger partial charge on any atom is -0.379 e. The number of halogens is 3. The Morgan fingerprint density at radius 2 is 1.97 bits per heavy atom. The number of fused-ring (bicyclic) bond motifs is 1. The number of nitrogens with zero attached hydrogens (tertiary/aromatic N) is 3. The standard InChI is InChI=1S/C21H21ClFN3O2S.ClH/c1-14-12-16(22)13-18-19(14)24-21(29-18)26(7-6-25-8-10-28-11-9-25)20(27)15-2-4-17(23)5-3-15;/h2-5,12-13H,6-11H2,1H3;1H. The van der Waals surface area contributed by atoms with Gasteiger partial charge in [-0.05, 0) is 48.9 Å². The lowest BCUT2D eigenvalue weighted by Crippen LogP contribution is -2.43. The molecule has 9 heteroatoms. The van der Waals surface area contributed by atoms with Gasteiger partial charge in [0.15, 0.2) is 5.13 Å². The van der Waals surface area contributed by atoms with Crippen molar-refractivity contribution in [2.75, 3.05) is 44.3 Å². The molecule has 0 saturated carbocycles. The van der Waals surface area contributed by atoms with Gasteiger partial charge in [-0.25, -0.2) is 9.37 Å². The summed E-state index contributed by atoms with van der Waals surface area (Å²) in [4.78, 5) is 21.9. The lowest BCUT2D eigenvalue weighted by molar-refractivity contribution is 0.0391. The Morgan fingerprint density at radius 1 is 1.27 bits per heavy atom. The van der Waals surface area contributed by atoms with E-state index >= 15 is 0 Å². The fourth-order valence-electron chi connectivity index (χ4n) is 3.36. The Bertz CT molecular complexity index is 1020. The number of ether oxygens (including phenoxy) is 1. The molecule has 4 rings (SSSR count). The van der Waals surface area contributed by atoms with Gasteiger partial charge in [-0.3, -0.25) is 14.6 Å². The van der Waals surface area contributed by atoms with Gasteiger partial charge in [0.05, 0.1) is 23.4 Å². The molecule has 2 aromatic carbocycles. The molecule has 1 fully saturated rings. The number of anilines is 1. The van der Waals surface area contributed by atoms with Crippen LogP contribution in [0.15, 0.2) is 36.4 Å². The Kier molecular flexibility index (Phi) is 7.65. The molecule has 1 amide bonds. The number of rotatable bonds is 5. The topological polar surface area (TPSA) is 45.7 Å². The van der Waals surface area contributed by atoms with Crippen molar-refractivity contribution in [3.8, 4) is 0 Å². The number of hydrogen-bond acceptors (Lipinski definition) is 5. The lowest BCUT2D eigenvalue weighted by atomic mass is 10.2. The molecule has 1 aliphatic rings. The third-order valence-corrected chi connectivity index (χ3v) is 6.19. The molecule has 0 radical (unpaired) electrons. The highest BCUT2D eigenvalue weighted by atomic mass is 35.5. The second-order valence-electron chi connectivity index (χ2n) is 6.98. The van der Waals surface area contributed by atoms with Gasteiger partial charge in [-0.1, -0.05) is 22.9 Å². The lowest BCUT2D eigenvalue weighted by Gasteiger charge is -2.29. The summed E-state index contributed by atoms with van der Waals surface area (Å²) < 4.78 is 19.7. The van der Waals surface area contributed by atoms with Gasteiger partial charge < -0.3 is 4.74 Å². The van der Waals surface area contributed by atoms with Crippen LogP contribution in [0.2, 0.25) is 5.02 Å². The highest BCUT2D eigenvalue weighted by molar-refractivity contribution is 7.22. The Hall–Kier alpha value is -1.77. The SMILES string of the molecule is Cc1cc(Cl)cc2sc(N(CCN3CCOCC3)C(=O)c3ccc(F)cc3)nc12.Cl. The highest BCUT2D eigenvalue weighted by Gasteiger charge is 2.23. The van der Waals surface area contributed by atoms with Crippen LogP contribution < -0.4 is 4.90 Å². The first-order chi connectivity index (χ1) is 14.0. The van der Waals surface area contributed by atoms with E-state index in [1.54, 1.807) is 4.90 Å². The molecule has 160 valence electrons. The maximum absolute atomic E-state index is 13.3. The van der Waals surface area contributed by atoms with Gasteiger partial charge >= 0.3 is 0 Å². The Balaban J connectivity index is 0.00000256. The van der Waals surface area contributed by atoms with Crippen molar-refractivity contribution in [2.24, 2.45) is 0 Å². The van der Waals surface area contributed by atoms with E-state index in [0.717, 1.165) is 28.9 Å². The average Bonchev–Trinajstić information content (AvgIpc) is 3.13. The van der Waals surface area contributed by atoms with Crippen LogP contribution in [0.1, 0.15) is 15.9 Å². The molecule has 30 heavy (non-hydrogen) atoms. The largest absolute Gasteiger partial charge is 0.379 e. The molecular weight excluding hydrogens is 448 g/mol. The predicted molar refractivity (Wildman–Crippen MR) is 122 cm³/mol. The number of benzene rings is 2. The maximum Gasteiger partial charge on any atom is 0.260 e. The number of aromatic nitrogens is 1. The summed E-state index contributed by atoms with van der Waals surface area (Å²) >= 11 is 7.63. The summed E-state index contributed by atoms with van der Waals surface area (Å²) in [5.41, 5.74) is 2.25. The molecular formula is C21H22Cl2FN3O2S. The van der Waals surface area contributed by atoms with Crippen molar-refractivity contribution in [2.45, 2.75) is 6.92 Å². The molecule has 5 nitrogen and oxygen atoms in total. The van der Waals surface area contributed by atoms with Crippen LogP contribution in [-0.2, 0) is 4.74 Å². The van der Waals surface area contributed by atoms with Crippen LogP contribution in [0.4, 0.5) is 9.52 Å². The van der Waals surface area contributed by atoms with Crippen molar-refractivity contribution in [1.29, 1.82) is 0 Å². The van der Waals surface area contributed by atoms with Crippen molar-refractivity contribution in [3.63, 3.8) is 0 Å². The van der Waals surface area contributed by atoms with Crippen LogP contribution in [-0.4, -0.2) is 55.2 Å². The number of carbonyl (C=O) groups excluding carboxylic acids is 1. The quantitative estimate of drug-likeness (QED) is 0.538. The third-order valence-electron chi connectivity index (χ3n) is 4.95. The van der Waals surface area contributed by atoms with E-state index in [2.05, 4.69) is 4.90 Å². The summed E-state index contributed by atoms with van der Waals surface area (Å²) in [7, 11) is 0. The first-order valence-electron chi connectivity index (χ1n) is 9.45. The van der Waals surface area contributed by atoms with Crippen LogP contribution in [0.3, 0.4) is 0 Å². The predicted octanol–water partition coefficient (Wildman–Crippen LogP) is 4.80. The number of carbonyl (C=O) groups is 1. The minimum atomic E-state index is -0.369. The third kappa shape index (κ3) is 5.10. The van der Waals surface area contributed by atoms with E-state index < -0.39 is 0 Å². The van der Waals surface area contributed by atoms with Gasteiger partial charge in [0, 0.05) is 36.8 Å². The number of aryl methyl sites for hydroxylation is 1. The average molecular weight is 470 g/mol. The molecule has 0 atom stereocenters. The number of thiazole rings is 1. The van der Waals surface area contributed by atoms with E-state index in [-0.39, 0.29) is 24.1 Å². The van der Waals surface area contributed by atoms with Crippen LogP contribution >= 0.6 is 35.3 Å². The second-order valence-corrected chi connectivity index (χ2v) is 8.43. The van der Waals surface area contributed by atoms with Crippen molar-refractivity contribution in [1.82, 2.24) is 9.88 Å².